The van der Waals surface area contributed by atoms with Crippen molar-refractivity contribution in [3.63, 3.8) is 0 Å². The van der Waals surface area contributed by atoms with E-state index in [-0.39, 0.29) is 0 Å². The molecule has 0 aromatic heterocycles. The molecule has 94 valence electrons. The van der Waals surface area contributed by atoms with Crippen LogP contribution in [0.15, 0.2) is 11.6 Å². The van der Waals surface area contributed by atoms with Gasteiger partial charge in [0.05, 0.1) is 0 Å². The minimum Gasteiger partial charge on any atom is -0.314 e. The summed E-state index contributed by atoms with van der Waals surface area (Å²) in [6, 6.07) is 0.704. The normalized spacial score (nSPS) is 18.2. The lowest BCUT2D eigenvalue weighted by atomic mass is 9.97. The number of hydrogen-bond donors (Lipinski definition) is 1. The molecule has 1 unspecified atom stereocenters. The summed E-state index contributed by atoms with van der Waals surface area (Å²) in [5, 5.41) is 3.65. The SMILES string of the molecule is CCCCCC(C)NCCC1=CCCCC1. The van der Waals surface area contributed by atoms with Crippen LogP contribution in [-0.2, 0) is 0 Å². The van der Waals surface area contributed by atoms with Crippen molar-refractivity contribution in [3.05, 3.63) is 11.6 Å². The first kappa shape index (κ1) is 13.8. The standard InChI is InChI=1S/C15H29N/c1-3-4-6-9-14(2)16-13-12-15-10-7-5-8-11-15/h10,14,16H,3-9,11-13H2,1-2H3. The van der Waals surface area contributed by atoms with Gasteiger partial charge in [-0.2, -0.15) is 0 Å². The Hall–Kier alpha value is -0.300. The van der Waals surface area contributed by atoms with Gasteiger partial charge in [0.1, 0.15) is 0 Å². The van der Waals surface area contributed by atoms with Crippen LogP contribution in [0.3, 0.4) is 0 Å². The van der Waals surface area contributed by atoms with Crippen LogP contribution in [0.2, 0.25) is 0 Å². The average Bonchev–Trinajstić information content (AvgIpc) is 2.31. The number of hydrogen-bond acceptors (Lipinski definition) is 1. The first-order valence-electron chi connectivity index (χ1n) is 7.24. The Labute approximate surface area is 102 Å². The van der Waals surface area contributed by atoms with Crippen LogP contribution < -0.4 is 5.32 Å². The fraction of sp³-hybridized carbons (Fsp3) is 0.867. The molecule has 0 amide bonds. The summed E-state index contributed by atoms with van der Waals surface area (Å²) in [5.74, 6) is 0. The minimum atomic E-state index is 0.704. The number of allylic oxidation sites excluding steroid dienone is 1. The lowest BCUT2D eigenvalue weighted by Gasteiger charge is -2.16. The fourth-order valence-corrected chi connectivity index (χ4v) is 2.41. The second-order valence-electron chi connectivity index (χ2n) is 5.21. The van der Waals surface area contributed by atoms with Crippen LogP contribution in [-0.4, -0.2) is 12.6 Å². The smallest absolute Gasteiger partial charge is 0.00388 e. The van der Waals surface area contributed by atoms with Gasteiger partial charge in [0, 0.05) is 6.04 Å². The second kappa shape index (κ2) is 8.81. The molecule has 1 aliphatic carbocycles. The third kappa shape index (κ3) is 6.32. The van der Waals surface area contributed by atoms with E-state index < -0.39 is 0 Å². The average molecular weight is 223 g/mol. The molecular formula is C15H29N. The van der Waals surface area contributed by atoms with E-state index in [1.54, 1.807) is 5.57 Å². The molecule has 0 aromatic rings. The maximum absolute atomic E-state index is 3.65. The Bertz CT molecular complexity index is 196. The monoisotopic (exact) mass is 223 g/mol. The van der Waals surface area contributed by atoms with Gasteiger partial charge in [0.15, 0.2) is 0 Å². The van der Waals surface area contributed by atoms with E-state index in [1.165, 1.54) is 64.3 Å². The molecule has 0 bridgehead atoms. The molecule has 1 rings (SSSR count). The van der Waals surface area contributed by atoms with Gasteiger partial charge in [-0.1, -0.05) is 37.8 Å². The number of rotatable bonds is 8. The molecule has 16 heavy (non-hydrogen) atoms. The number of unbranched alkanes of at least 4 members (excludes halogenated alkanes) is 2. The van der Waals surface area contributed by atoms with Crippen LogP contribution in [0.1, 0.15) is 71.6 Å². The van der Waals surface area contributed by atoms with Crippen molar-refractivity contribution in [3.8, 4) is 0 Å². The van der Waals surface area contributed by atoms with E-state index in [2.05, 4.69) is 25.2 Å². The molecule has 1 atom stereocenters. The zero-order chi connectivity index (χ0) is 11.6. The molecule has 0 aliphatic heterocycles. The van der Waals surface area contributed by atoms with Crippen molar-refractivity contribution < 1.29 is 0 Å². The van der Waals surface area contributed by atoms with E-state index in [0.717, 1.165) is 0 Å². The molecule has 1 heteroatoms. The van der Waals surface area contributed by atoms with Gasteiger partial charge in [-0.15, -0.1) is 0 Å². The summed E-state index contributed by atoms with van der Waals surface area (Å²) in [7, 11) is 0. The van der Waals surface area contributed by atoms with E-state index >= 15 is 0 Å². The Morgan fingerprint density at radius 2 is 2.19 bits per heavy atom. The quantitative estimate of drug-likeness (QED) is 0.474. The second-order valence-corrected chi connectivity index (χ2v) is 5.21. The van der Waals surface area contributed by atoms with Crippen molar-refractivity contribution in [1.29, 1.82) is 0 Å². The van der Waals surface area contributed by atoms with Gasteiger partial charge in [-0.25, -0.2) is 0 Å². The Kier molecular flexibility index (Phi) is 7.58. The molecule has 1 nitrogen and oxygen atoms in total. The predicted molar refractivity (Wildman–Crippen MR) is 72.8 cm³/mol. The molecule has 1 aliphatic rings. The molecule has 0 fully saturated rings. The van der Waals surface area contributed by atoms with E-state index in [9.17, 15) is 0 Å². The highest BCUT2D eigenvalue weighted by molar-refractivity contribution is 5.05. The Morgan fingerprint density at radius 3 is 2.88 bits per heavy atom. The van der Waals surface area contributed by atoms with E-state index in [1.807, 2.05) is 0 Å². The molecule has 0 radical (unpaired) electrons. The van der Waals surface area contributed by atoms with Crippen LogP contribution in [0.25, 0.3) is 0 Å². The van der Waals surface area contributed by atoms with Crippen LogP contribution in [0, 0.1) is 0 Å². The van der Waals surface area contributed by atoms with Gasteiger partial charge >= 0.3 is 0 Å². The lowest BCUT2D eigenvalue weighted by Crippen LogP contribution is -2.27. The Balaban J connectivity index is 1.99. The van der Waals surface area contributed by atoms with Crippen LogP contribution in [0.5, 0.6) is 0 Å². The summed E-state index contributed by atoms with van der Waals surface area (Å²) >= 11 is 0. The third-order valence-electron chi connectivity index (χ3n) is 3.56. The molecular weight excluding hydrogens is 194 g/mol. The first-order valence-corrected chi connectivity index (χ1v) is 7.24. The zero-order valence-electron chi connectivity index (χ0n) is 11.2. The zero-order valence-corrected chi connectivity index (χ0v) is 11.2. The summed E-state index contributed by atoms with van der Waals surface area (Å²) in [6.45, 7) is 5.78. The number of nitrogens with one attached hydrogen (secondary N) is 1. The molecule has 0 aromatic carbocycles. The van der Waals surface area contributed by atoms with Crippen molar-refractivity contribution in [1.82, 2.24) is 5.32 Å². The van der Waals surface area contributed by atoms with Crippen molar-refractivity contribution in [2.75, 3.05) is 6.54 Å². The van der Waals surface area contributed by atoms with Gasteiger partial charge < -0.3 is 5.32 Å². The minimum absolute atomic E-state index is 0.704. The summed E-state index contributed by atoms with van der Waals surface area (Å²) in [4.78, 5) is 0. The van der Waals surface area contributed by atoms with Gasteiger partial charge in [-0.05, 0) is 52.0 Å². The maximum atomic E-state index is 3.65. The van der Waals surface area contributed by atoms with Gasteiger partial charge in [0.25, 0.3) is 0 Å². The highest BCUT2D eigenvalue weighted by atomic mass is 14.9. The van der Waals surface area contributed by atoms with Crippen LogP contribution in [0.4, 0.5) is 0 Å². The maximum Gasteiger partial charge on any atom is 0.00388 e. The Morgan fingerprint density at radius 1 is 1.31 bits per heavy atom. The lowest BCUT2D eigenvalue weighted by molar-refractivity contribution is 0.486. The van der Waals surface area contributed by atoms with Gasteiger partial charge in [-0.3, -0.25) is 0 Å². The molecule has 1 N–H and O–H groups in total. The fourth-order valence-electron chi connectivity index (χ4n) is 2.41. The highest BCUT2D eigenvalue weighted by Gasteiger charge is 2.04. The highest BCUT2D eigenvalue weighted by Crippen LogP contribution is 2.19. The predicted octanol–water partition coefficient (Wildman–Crippen LogP) is 4.44. The van der Waals surface area contributed by atoms with Crippen LogP contribution >= 0.6 is 0 Å². The topological polar surface area (TPSA) is 12.0 Å². The third-order valence-corrected chi connectivity index (χ3v) is 3.56. The van der Waals surface area contributed by atoms with Crippen molar-refractivity contribution >= 4 is 0 Å². The van der Waals surface area contributed by atoms with E-state index in [0.29, 0.717) is 6.04 Å². The summed E-state index contributed by atoms with van der Waals surface area (Å²) in [5.41, 5.74) is 1.69. The van der Waals surface area contributed by atoms with Crippen molar-refractivity contribution in [2.24, 2.45) is 0 Å². The summed E-state index contributed by atoms with van der Waals surface area (Å²) in [6.07, 6.45) is 14.7. The van der Waals surface area contributed by atoms with Crippen molar-refractivity contribution in [2.45, 2.75) is 77.7 Å². The molecule has 0 saturated carbocycles. The summed E-state index contributed by atoms with van der Waals surface area (Å²) < 4.78 is 0. The molecule has 0 saturated heterocycles. The molecule has 0 spiro atoms. The molecule has 0 heterocycles. The van der Waals surface area contributed by atoms with Gasteiger partial charge in [0.2, 0.25) is 0 Å². The van der Waals surface area contributed by atoms with E-state index in [4.69, 9.17) is 0 Å². The first-order chi connectivity index (χ1) is 7.83. The largest absolute Gasteiger partial charge is 0.314 e.